The third kappa shape index (κ3) is 2.61. The standard InChI is InChI=1S/C26H19BrS2/c1-16-15-19-22-20(13-8-14-21(22)27)26(17-9-4-2-5-10-17,18-11-6-3-7-12-18)23(19)25(29)24(16)28/h2-15,28-29H,1H3. The lowest BCUT2D eigenvalue weighted by Crippen LogP contribution is -2.29. The molecule has 29 heavy (non-hydrogen) atoms. The van der Waals surface area contributed by atoms with Crippen LogP contribution < -0.4 is 0 Å². The van der Waals surface area contributed by atoms with E-state index >= 15 is 0 Å². The van der Waals surface area contributed by atoms with Crippen molar-refractivity contribution in [1.82, 2.24) is 0 Å². The Kier molecular flexibility index (Phi) is 4.65. The van der Waals surface area contributed by atoms with Crippen LogP contribution in [-0.4, -0.2) is 0 Å². The van der Waals surface area contributed by atoms with Crippen LogP contribution in [0.5, 0.6) is 0 Å². The third-order valence-electron chi connectivity index (χ3n) is 5.94. The van der Waals surface area contributed by atoms with Crippen LogP contribution in [0, 0.1) is 6.92 Å². The first-order chi connectivity index (χ1) is 14.1. The van der Waals surface area contributed by atoms with Crippen LogP contribution in [0.15, 0.2) is 99.2 Å². The summed E-state index contributed by atoms with van der Waals surface area (Å²) in [6, 6.07) is 30.2. The summed E-state index contributed by atoms with van der Waals surface area (Å²) in [6.07, 6.45) is 0. The van der Waals surface area contributed by atoms with Crippen molar-refractivity contribution in [2.24, 2.45) is 0 Å². The molecule has 0 saturated carbocycles. The van der Waals surface area contributed by atoms with Gasteiger partial charge in [-0.3, -0.25) is 0 Å². The van der Waals surface area contributed by atoms with Gasteiger partial charge in [-0.2, -0.15) is 0 Å². The summed E-state index contributed by atoms with van der Waals surface area (Å²) in [5, 5.41) is 0. The van der Waals surface area contributed by atoms with E-state index in [1.807, 2.05) is 0 Å². The molecule has 1 aliphatic rings. The van der Waals surface area contributed by atoms with Gasteiger partial charge in [0, 0.05) is 19.8 Å². The minimum atomic E-state index is -0.445. The van der Waals surface area contributed by atoms with Gasteiger partial charge in [-0.15, -0.1) is 25.3 Å². The molecule has 1 aliphatic carbocycles. The van der Waals surface area contributed by atoms with E-state index in [0.717, 1.165) is 19.8 Å². The molecule has 0 radical (unpaired) electrons. The van der Waals surface area contributed by atoms with Gasteiger partial charge in [0.15, 0.2) is 0 Å². The molecule has 0 heterocycles. The van der Waals surface area contributed by atoms with Crippen LogP contribution in [0.1, 0.15) is 27.8 Å². The lowest BCUT2D eigenvalue weighted by Gasteiger charge is -2.35. The summed E-state index contributed by atoms with van der Waals surface area (Å²) in [5.41, 5.74) is 8.09. The number of fused-ring (bicyclic) bond motifs is 3. The molecule has 0 fully saturated rings. The predicted molar refractivity (Wildman–Crippen MR) is 131 cm³/mol. The molecule has 0 amide bonds. The number of aryl methyl sites for hydroxylation is 1. The summed E-state index contributed by atoms with van der Waals surface area (Å²) in [7, 11) is 0. The lowest BCUT2D eigenvalue weighted by atomic mass is 9.67. The first-order valence-corrected chi connectivity index (χ1v) is 11.2. The molecular formula is C26H19BrS2. The summed E-state index contributed by atoms with van der Waals surface area (Å²) in [5.74, 6) is 0. The minimum absolute atomic E-state index is 0.445. The number of hydrogen-bond acceptors (Lipinski definition) is 2. The van der Waals surface area contributed by atoms with E-state index in [1.165, 1.54) is 33.4 Å². The highest BCUT2D eigenvalue weighted by Gasteiger charge is 2.48. The van der Waals surface area contributed by atoms with Crippen molar-refractivity contribution in [2.45, 2.75) is 22.1 Å². The molecule has 0 atom stereocenters. The Labute approximate surface area is 191 Å². The van der Waals surface area contributed by atoms with E-state index in [0.29, 0.717) is 0 Å². The highest BCUT2D eigenvalue weighted by atomic mass is 79.9. The zero-order chi connectivity index (χ0) is 20.2. The fourth-order valence-electron chi connectivity index (χ4n) is 4.75. The van der Waals surface area contributed by atoms with Gasteiger partial charge in [0.2, 0.25) is 0 Å². The van der Waals surface area contributed by atoms with Gasteiger partial charge in [0.05, 0.1) is 5.41 Å². The van der Waals surface area contributed by atoms with Crippen molar-refractivity contribution in [2.75, 3.05) is 0 Å². The maximum atomic E-state index is 5.03. The first kappa shape index (κ1) is 19.0. The molecule has 4 aromatic carbocycles. The van der Waals surface area contributed by atoms with Crippen molar-refractivity contribution >= 4 is 41.2 Å². The van der Waals surface area contributed by atoms with Crippen LogP contribution >= 0.6 is 41.2 Å². The average molecular weight is 475 g/mol. The maximum absolute atomic E-state index is 5.03. The van der Waals surface area contributed by atoms with Crippen LogP contribution in [0.3, 0.4) is 0 Å². The Balaban J connectivity index is 2.06. The molecule has 0 aromatic heterocycles. The number of thiol groups is 2. The molecule has 0 nitrogen and oxygen atoms in total. The second-order valence-electron chi connectivity index (χ2n) is 7.46. The summed E-state index contributed by atoms with van der Waals surface area (Å²) >= 11 is 13.7. The zero-order valence-corrected chi connectivity index (χ0v) is 19.2. The molecule has 0 unspecified atom stereocenters. The van der Waals surface area contributed by atoms with Crippen LogP contribution in [-0.2, 0) is 5.41 Å². The van der Waals surface area contributed by atoms with E-state index in [4.69, 9.17) is 25.3 Å². The largest absolute Gasteiger partial charge is 0.142 e. The van der Waals surface area contributed by atoms with Crippen molar-refractivity contribution in [1.29, 1.82) is 0 Å². The predicted octanol–water partition coefficient (Wildman–Crippen LogP) is 7.70. The summed E-state index contributed by atoms with van der Waals surface area (Å²) < 4.78 is 1.10. The fourth-order valence-corrected chi connectivity index (χ4v) is 5.97. The smallest absolute Gasteiger partial charge is 0.0725 e. The fraction of sp³-hybridized carbons (Fsp3) is 0.0769. The molecule has 0 aliphatic heterocycles. The van der Waals surface area contributed by atoms with Crippen LogP contribution in [0.4, 0.5) is 0 Å². The highest BCUT2D eigenvalue weighted by molar-refractivity contribution is 9.10. The van der Waals surface area contributed by atoms with Crippen molar-refractivity contribution in [3.63, 3.8) is 0 Å². The molecule has 4 aromatic rings. The quantitative estimate of drug-likeness (QED) is 0.240. The molecule has 0 N–H and O–H groups in total. The van der Waals surface area contributed by atoms with Crippen molar-refractivity contribution < 1.29 is 0 Å². The van der Waals surface area contributed by atoms with Gasteiger partial charge in [-0.1, -0.05) is 88.7 Å². The SMILES string of the molecule is Cc1cc2c(c(S)c1S)C(c1ccccc1)(c1ccccc1)c1cccc(Br)c1-2. The Morgan fingerprint density at radius 3 is 1.90 bits per heavy atom. The van der Waals surface area contributed by atoms with E-state index in [-0.39, 0.29) is 0 Å². The molecule has 142 valence electrons. The molecule has 0 spiro atoms. The van der Waals surface area contributed by atoms with E-state index in [2.05, 4.69) is 108 Å². The molecule has 0 bridgehead atoms. The van der Waals surface area contributed by atoms with Crippen LogP contribution in [0.2, 0.25) is 0 Å². The van der Waals surface area contributed by atoms with E-state index < -0.39 is 5.41 Å². The Morgan fingerprint density at radius 2 is 1.31 bits per heavy atom. The average Bonchev–Trinajstić information content (AvgIpc) is 3.05. The number of rotatable bonds is 2. The molecular weight excluding hydrogens is 456 g/mol. The minimum Gasteiger partial charge on any atom is -0.142 e. The van der Waals surface area contributed by atoms with E-state index in [1.54, 1.807) is 0 Å². The molecule has 0 saturated heterocycles. The summed E-state index contributed by atoms with van der Waals surface area (Å²) in [6.45, 7) is 2.10. The number of hydrogen-bond donors (Lipinski definition) is 2. The third-order valence-corrected chi connectivity index (χ3v) is 7.80. The van der Waals surface area contributed by atoms with Gasteiger partial charge in [-0.05, 0) is 52.4 Å². The topological polar surface area (TPSA) is 0 Å². The highest BCUT2D eigenvalue weighted by Crippen LogP contribution is 2.60. The van der Waals surface area contributed by atoms with Gasteiger partial charge in [0.1, 0.15) is 0 Å². The molecule has 3 heteroatoms. The monoisotopic (exact) mass is 474 g/mol. The number of halogens is 1. The number of benzene rings is 4. The van der Waals surface area contributed by atoms with Gasteiger partial charge >= 0.3 is 0 Å². The van der Waals surface area contributed by atoms with Crippen molar-refractivity contribution in [3.05, 3.63) is 117 Å². The Morgan fingerprint density at radius 1 is 0.724 bits per heavy atom. The van der Waals surface area contributed by atoms with Gasteiger partial charge in [-0.25, -0.2) is 0 Å². The van der Waals surface area contributed by atoms with Gasteiger partial charge in [0.25, 0.3) is 0 Å². The first-order valence-electron chi connectivity index (χ1n) is 9.53. The van der Waals surface area contributed by atoms with Crippen molar-refractivity contribution in [3.8, 4) is 11.1 Å². The van der Waals surface area contributed by atoms with Crippen LogP contribution in [0.25, 0.3) is 11.1 Å². The lowest BCUT2D eigenvalue weighted by molar-refractivity contribution is 0.744. The summed E-state index contributed by atoms with van der Waals surface area (Å²) in [4.78, 5) is 1.88. The zero-order valence-electron chi connectivity index (χ0n) is 15.9. The molecule has 5 rings (SSSR count). The Bertz CT molecular complexity index is 1190. The second kappa shape index (κ2) is 7.09. The Hall–Kier alpha value is -1.94. The van der Waals surface area contributed by atoms with Gasteiger partial charge < -0.3 is 0 Å². The maximum Gasteiger partial charge on any atom is 0.0725 e. The second-order valence-corrected chi connectivity index (χ2v) is 9.21. The normalized spacial score (nSPS) is 13.8. The van der Waals surface area contributed by atoms with E-state index in [9.17, 15) is 0 Å².